The summed E-state index contributed by atoms with van der Waals surface area (Å²) in [5, 5.41) is 3.16. The topological polar surface area (TPSA) is 38.0 Å². The van der Waals surface area contributed by atoms with Gasteiger partial charge in [-0.2, -0.15) is 13.2 Å². The quantitative estimate of drug-likeness (QED) is 0.737. The van der Waals surface area contributed by atoms with Crippen LogP contribution in [0.4, 0.5) is 17.6 Å². The van der Waals surface area contributed by atoms with Crippen molar-refractivity contribution in [3.05, 3.63) is 0 Å². The Balaban J connectivity index is 1.66. The van der Waals surface area contributed by atoms with Gasteiger partial charge in [0.05, 0.1) is 0 Å². The van der Waals surface area contributed by atoms with E-state index in [-0.39, 0.29) is 12.1 Å². The molecule has 0 spiro atoms. The Hall–Kier alpha value is -0.360. The van der Waals surface area contributed by atoms with E-state index in [2.05, 4.69) is 5.32 Å². The summed E-state index contributed by atoms with van der Waals surface area (Å²) in [6, 6.07) is -1.46. The molecule has 2 rings (SSSR count). The van der Waals surface area contributed by atoms with Crippen LogP contribution in [0.3, 0.4) is 0 Å². The molecule has 2 aliphatic carbocycles. The van der Waals surface area contributed by atoms with Crippen molar-refractivity contribution in [1.82, 2.24) is 5.32 Å². The first-order valence-corrected chi connectivity index (χ1v) is 5.58. The van der Waals surface area contributed by atoms with Crippen LogP contribution in [-0.4, -0.2) is 30.5 Å². The van der Waals surface area contributed by atoms with Gasteiger partial charge in [0.15, 0.2) is 0 Å². The molecule has 2 saturated carbocycles. The predicted octanol–water partition coefficient (Wildman–Crippen LogP) is 1.74. The lowest BCUT2D eigenvalue weighted by molar-refractivity contribution is -0.167. The largest absolute Gasteiger partial charge is 0.403 e. The highest BCUT2D eigenvalue weighted by molar-refractivity contribution is 4.97. The van der Waals surface area contributed by atoms with E-state index in [4.69, 9.17) is 5.73 Å². The summed E-state index contributed by atoms with van der Waals surface area (Å²) in [6.07, 6.45) is -3.14. The van der Waals surface area contributed by atoms with Gasteiger partial charge in [-0.25, -0.2) is 4.39 Å². The van der Waals surface area contributed by atoms with Gasteiger partial charge in [-0.3, -0.25) is 0 Å². The van der Waals surface area contributed by atoms with Crippen molar-refractivity contribution in [2.24, 2.45) is 11.7 Å². The van der Waals surface area contributed by atoms with Crippen LogP contribution in [0.1, 0.15) is 25.7 Å². The summed E-state index contributed by atoms with van der Waals surface area (Å²) in [7, 11) is 0. The highest BCUT2D eigenvalue weighted by Crippen LogP contribution is 2.37. The fourth-order valence-corrected chi connectivity index (χ4v) is 2.38. The summed E-state index contributed by atoms with van der Waals surface area (Å²) in [6.45, 7) is 0. The van der Waals surface area contributed by atoms with E-state index in [1.54, 1.807) is 0 Å². The van der Waals surface area contributed by atoms with Crippen molar-refractivity contribution in [1.29, 1.82) is 0 Å². The molecule has 2 fully saturated rings. The van der Waals surface area contributed by atoms with Crippen LogP contribution in [0.5, 0.6) is 0 Å². The standard InChI is InChI=1S/C10H16F4N2/c11-6-3-8(4-6)16-7-1-5(2-7)9(15)10(12,13)14/h5-9,16H,1-4,15H2/t5?,6-,7?,8-,9?. The van der Waals surface area contributed by atoms with Crippen molar-refractivity contribution in [3.8, 4) is 0 Å². The average Bonchev–Trinajstić information content (AvgIpc) is 2.04. The van der Waals surface area contributed by atoms with Crippen LogP contribution >= 0.6 is 0 Å². The van der Waals surface area contributed by atoms with E-state index in [1.165, 1.54) is 0 Å². The smallest absolute Gasteiger partial charge is 0.320 e. The molecule has 0 aromatic heterocycles. The van der Waals surface area contributed by atoms with Gasteiger partial charge in [-0.15, -0.1) is 0 Å². The highest BCUT2D eigenvalue weighted by atomic mass is 19.4. The number of hydrogen-bond donors (Lipinski definition) is 2. The lowest BCUT2D eigenvalue weighted by Gasteiger charge is -2.44. The molecule has 16 heavy (non-hydrogen) atoms. The molecular weight excluding hydrogens is 224 g/mol. The van der Waals surface area contributed by atoms with Gasteiger partial charge in [0.2, 0.25) is 0 Å². The maximum Gasteiger partial charge on any atom is 0.403 e. The van der Waals surface area contributed by atoms with Crippen molar-refractivity contribution in [3.63, 3.8) is 0 Å². The lowest BCUT2D eigenvalue weighted by Crippen LogP contribution is -2.57. The molecule has 0 aromatic rings. The Morgan fingerprint density at radius 3 is 2.00 bits per heavy atom. The Labute approximate surface area is 91.6 Å². The van der Waals surface area contributed by atoms with Crippen molar-refractivity contribution >= 4 is 0 Å². The minimum absolute atomic E-state index is 0.0934. The Morgan fingerprint density at radius 1 is 1.06 bits per heavy atom. The summed E-state index contributed by atoms with van der Waals surface area (Å²) in [4.78, 5) is 0. The van der Waals surface area contributed by atoms with Crippen LogP contribution in [0.2, 0.25) is 0 Å². The van der Waals surface area contributed by atoms with Crippen LogP contribution in [0, 0.1) is 5.92 Å². The molecule has 2 aliphatic rings. The van der Waals surface area contributed by atoms with Crippen molar-refractivity contribution in [2.75, 3.05) is 0 Å². The van der Waals surface area contributed by atoms with Crippen LogP contribution in [0.25, 0.3) is 0 Å². The first kappa shape index (κ1) is 12.1. The second-order valence-corrected chi connectivity index (χ2v) is 4.93. The fraction of sp³-hybridized carbons (Fsp3) is 1.00. The molecule has 0 aliphatic heterocycles. The molecule has 1 unspecified atom stereocenters. The molecule has 0 aromatic carbocycles. The second kappa shape index (κ2) is 4.14. The van der Waals surface area contributed by atoms with Gasteiger partial charge in [-0.1, -0.05) is 0 Å². The molecule has 0 amide bonds. The number of alkyl halides is 4. The minimum Gasteiger partial charge on any atom is -0.320 e. The summed E-state index contributed by atoms with van der Waals surface area (Å²) in [5.74, 6) is -0.473. The molecule has 6 heteroatoms. The van der Waals surface area contributed by atoms with Gasteiger partial charge in [0.1, 0.15) is 12.2 Å². The molecule has 0 saturated heterocycles. The van der Waals surface area contributed by atoms with E-state index in [9.17, 15) is 17.6 Å². The first-order valence-electron chi connectivity index (χ1n) is 5.58. The Kier molecular flexibility index (Phi) is 3.13. The third-order valence-corrected chi connectivity index (χ3v) is 3.61. The molecule has 0 radical (unpaired) electrons. The Morgan fingerprint density at radius 2 is 1.56 bits per heavy atom. The van der Waals surface area contributed by atoms with E-state index >= 15 is 0 Å². The first-order chi connectivity index (χ1) is 7.36. The molecule has 94 valence electrons. The number of rotatable bonds is 3. The number of nitrogens with two attached hydrogens (primary N) is 1. The normalized spacial score (nSPS) is 41.1. The predicted molar refractivity (Wildman–Crippen MR) is 51.6 cm³/mol. The average molecular weight is 240 g/mol. The molecule has 0 bridgehead atoms. The summed E-state index contributed by atoms with van der Waals surface area (Å²) >= 11 is 0. The third kappa shape index (κ3) is 2.48. The zero-order valence-electron chi connectivity index (χ0n) is 8.80. The third-order valence-electron chi connectivity index (χ3n) is 3.61. The molecular formula is C10H16F4N2. The molecule has 3 N–H and O–H groups in total. The SMILES string of the molecule is NC(C1CC(N[C@H]2C[C@H](F)C2)C1)C(F)(F)F. The van der Waals surface area contributed by atoms with Crippen LogP contribution in [0.15, 0.2) is 0 Å². The van der Waals surface area contributed by atoms with Gasteiger partial charge >= 0.3 is 6.18 Å². The summed E-state index contributed by atoms with van der Waals surface area (Å²) in [5.41, 5.74) is 5.10. The molecule has 1 atom stereocenters. The van der Waals surface area contributed by atoms with Gasteiger partial charge in [0.25, 0.3) is 0 Å². The zero-order chi connectivity index (χ0) is 11.9. The number of nitrogens with one attached hydrogen (secondary N) is 1. The number of hydrogen-bond acceptors (Lipinski definition) is 2. The second-order valence-electron chi connectivity index (χ2n) is 4.93. The summed E-state index contributed by atoms with van der Waals surface area (Å²) < 4.78 is 49.2. The van der Waals surface area contributed by atoms with Crippen molar-refractivity contribution < 1.29 is 17.6 Å². The van der Waals surface area contributed by atoms with E-state index in [1.807, 2.05) is 0 Å². The van der Waals surface area contributed by atoms with Gasteiger partial charge in [-0.05, 0) is 31.6 Å². The van der Waals surface area contributed by atoms with Crippen LogP contribution in [-0.2, 0) is 0 Å². The monoisotopic (exact) mass is 240 g/mol. The van der Waals surface area contributed by atoms with E-state index < -0.39 is 24.3 Å². The Bertz CT molecular complexity index is 244. The van der Waals surface area contributed by atoms with Gasteiger partial charge < -0.3 is 11.1 Å². The maximum absolute atomic E-state index is 12.5. The molecule has 2 nitrogen and oxygen atoms in total. The van der Waals surface area contributed by atoms with Crippen molar-refractivity contribution in [2.45, 2.75) is 56.2 Å². The van der Waals surface area contributed by atoms with Crippen LogP contribution < -0.4 is 11.1 Å². The van der Waals surface area contributed by atoms with E-state index in [0.717, 1.165) is 0 Å². The minimum atomic E-state index is -4.30. The van der Waals surface area contributed by atoms with Gasteiger partial charge in [0, 0.05) is 12.1 Å². The molecule has 0 heterocycles. The highest BCUT2D eigenvalue weighted by Gasteiger charge is 2.47. The van der Waals surface area contributed by atoms with E-state index in [0.29, 0.717) is 25.7 Å². The maximum atomic E-state index is 12.5. The fourth-order valence-electron chi connectivity index (χ4n) is 2.38. The zero-order valence-corrected chi connectivity index (χ0v) is 8.80. The lowest BCUT2D eigenvalue weighted by atomic mass is 9.74. The number of halogens is 4.